The Hall–Kier alpha value is -2.06. The number of carbonyl (C=O) groups excluding carboxylic acids is 1. The van der Waals surface area contributed by atoms with Crippen LogP contribution < -0.4 is 0 Å². The molecule has 1 amide bonds. The van der Waals surface area contributed by atoms with Gasteiger partial charge in [-0.3, -0.25) is 4.79 Å². The quantitative estimate of drug-likeness (QED) is 0.656. The zero-order chi connectivity index (χ0) is 13.6. The lowest BCUT2D eigenvalue weighted by atomic mass is 10.2. The molecule has 2 aromatic heterocycles. The van der Waals surface area contributed by atoms with E-state index in [1.807, 2.05) is 0 Å². The number of nitrogens with zero attached hydrogens (tertiary/aromatic N) is 5. The van der Waals surface area contributed by atoms with Crippen LogP contribution in [0.4, 0.5) is 0 Å². The lowest BCUT2D eigenvalue weighted by Gasteiger charge is -2.16. The molecule has 0 unspecified atom stereocenters. The normalized spacial score (nSPS) is 23.2. The summed E-state index contributed by atoms with van der Waals surface area (Å²) < 4.78 is 1.48. The fourth-order valence-electron chi connectivity index (χ4n) is 2.21. The molecule has 2 N–H and O–H groups in total. The first-order valence-corrected chi connectivity index (χ1v) is 5.88. The molecular weight excluding hydrogens is 250 g/mol. The molecule has 0 radical (unpaired) electrons. The summed E-state index contributed by atoms with van der Waals surface area (Å²) in [5.41, 5.74) is 1.02. The molecule has 0 aromatic carbocycles. The van der Waals surface area contributed by atoms with Crippen molar-refractivity contribution in [1.29, 1.82) is 0 Å². The number of aryl methyl sites for hydroxylation is 1. The first kappa shape index (κ1) is 12.0. The Kier molecular flexibility index (Phi) is 2.68. The zero-order valence-electron chi connectivity index (χ0n) is 10.3. The summed E-state index contributed by atoms with van der Waals surface area (Å²) in [6.07, 6.45) is 1.02. The Balaban J connectivity index is 1.96. The van der Waals surface area contributed by atoms with Crippen molar-refractivity contribution in [3.05, 3.63) is 23.8 Å². The van der Waals surface area contributed by atoms with E-state index in [1.54, 1.807) is 6.92 Å². The van der Waals surface area contributed by atoms with Gasteiger partial charge in [-0.05, 0) is 6.92 Å². The minimum Gasteiger partial charge on any atom is -0.388 e. The van der Waals surface area contributed by atoms with Crippen LogP contribution in [-0.4, -0.2) is 65.9 Å². The van der Waals surface area contributed by atoms with E-state index >= 15 is 0 Å². The molecule has 0 aliphatic carbocycles. The van der Waals surface area contributed by atoms with Gasteiger partial charge in [-0.25, -0.2) is 9.50 Å². The highest BCUT2D eigenvalue weighted by Crippen LogP contribution is 2.16. The maximum Gasteiger partial charge on any atom is 0.257 e. The van der Waals surface area contributed by atoms with Crippen LogP contribution in [0, 0.1) is 6.92 Å². The second kappa shape index (κ2) is 4.25. The van der Waals surface area contributed by atoms with Crippen LogP contribution >= 0.6 is 0 Å². The molecule has 0 bridgehead atoms. The molecular formula is C11H13N5O3. The van der Waals surface area contributed by atoms with Gasteiger partial charge >= 0.3 is 0 Å². The first-order valence-electron chi connectivity index (χ1n) is 5.88. The largest absolute Gasteiger partial charge is 0.388 e. The Morgan fingerprint density at radius 2 is 2.00 bits per heavy atom. The number of rotatable bonds is 1. The summed E-state index contributed by atoms with van der Waals surface area (Å²) in [5.74, 6) is 0.147. The van der Waals surface area contributed by atoms with Crippen molar-refractivity contribution in [2.75, 3.05) is 13.1 Å². The Labute approximate surface area is 108 Å². The van der Waals surface area contributed by atoms with E-state index in [0.29, 0.717) is 17.0 Å². The topological polar surface area (TPSA) is 104 Å². The monoisotopic (exact) mass is 263 g/mol. The van der Waals surface area contributed by atoms with E-state index in [-0.39, 0.29) is 19.0 Å². The van der Waals surface area contributed by atoms with Gasteiger partial charge in [0.25, 0.3) is 11.7 Å². The standard InChI is InChI=1S/C11H13N5O3/c1-6-7(2-12-11-13-5-14-16(6)11)10(19)15-3-8(17)9(18)4-15/h2,5,8-9,17-18H,3-4H2,1H3/t8-,9+. The van der Waals surface area contributed by atoms with E-state index in [2.05, 4.69) is 15.1 Å². The van der Waals surface area contributed by atoms with Crippen LogP contribution in [0.25, 0.3) is 5.78 Å². The van der Waals surface area contributed by atoms with Crippen molar-refractivity contribution < 1.29 is 15.0 Å². The fourth-order valence-corrected chi connectivity index (χ4v) is 2.21. The van der Waals surface area contributed by atoms with Crippen molar-refractivity contribution in [3.8, 4) is 0 Å². The minimum atomic E-state index is -0.896. The SMILES string of the molecule is Cc1c(C(=O)N2C[C@@H](O)[C@@H](O)C2)cnc2ncnn12. The third-order valence-corrected chi connectivity index (χ3v) is 3.32. The van der Waals surface area contributed by atoms with Gasteiger partial charge in [0, 0.05) is 19.3 Å². The highest BCUT2D eigenvalue weighted by atomic mass is 16.3. The van der Waals surface area contributed by atoms with Crippen molar-refractivity contribution in [2.45, 2.75) is 19.1 Å². The summed E-state index contributed by atoms with van der Waals surface area (Å²) >= 11 is 0. The van der Waals surface area contributed by atoms with Crippen LogP contribution in [0.2, 0.25) is 0 Å². The van der Waals surface area contributed by atoms with Gasteiger partial charge in [0.2, 0.25) is 0 Å². The lowest BCUT2D eigenvalue weighted by molar-refractivity contribution is 0.0572. The second-order valence-electron chi connectivity index (χ2n) is 4.57. The number of aliphatic hydroxyl groups excluding tert-OH is 2. The number of likely N-dealkylation sites (tertiary alicyclic amines) is 1. The van der Waals surface area contributed by atoms with Crippen molar-refractivity contribution in [1.82, 2.24) is 24.5 Å². The molecule has 2 atom stereocenters. The van der Waals surface area contributed by atoms with Gasteiger partial charge in [-0.2, -0.15) is 10.1 Å². The number of β-amino-alcohol motifs (C(OH)–C–C–N with tert-alkyl or cyclic N) is 2. The van der Waals surface area contributed by atoms with Crippen LogP contribution in [0.1, 0.15) is 16.1 Å². The average molecular weight is 263 g/mol. The molecule has 2 aromatic rings. The molecule has 8 heteroatoms. The number of hydrogen-bond donors (Lipinski definition) is 2. The van der Waals surface area contributed by atoms with E-state index in [0.717, 1.165) is 0 Å². The smallest absolute Gasteiger partial charge is 0.257 e. The number of fused-ring (bicyclic) bond motifs is 1. The fraction of sp³-hybridized carbons (Fsp3) is 0.455. The Bertz CT molecular complexity index is 630. The van der Waals surface area contributed by atoms with Crippen LogP contribution in [-0.2, 0) is 0 Å². The van der Waals surface area contributed by atoms with Gasteiger partial charge in [-0.1, -0.05) is 0 Å². The number of amides is 1. The molecule has 1 fully saturated rings. The van der Waals surface area contributed by atoms with Crippen LogP contribution in [0.5, 0.6) is 0 Å². The van der Waals surface area contributed by atoms with Crippen molar-refractivity contribution in [2.24, 2.45) is 0 Å². The molecule has 1 aliphatic rings. The number of carbonyl (C=O) groups is 1. The molecule has 3 heterocycles. The van der Waals surface area contributed by atoms with E-state index in [9.17, 15) is 15.0 Å². The molecule has 8 nitrogen and oxygen atoms in total. The molecule has 1 saturated heterocycles. The van der Waals surface area contributed by atoms with Gasteiger partial charge in [0.15, 0.2) is 0 Å². The molecule has 0 saturated carbocycles. The van der Waals surface area contributed by atoms with Gasteiger partial charge < -0.3 is 15.1 Å². The highest BCUT2D eigenvalue weighted by Gasteiger charge is 2.33. The van der Waals surface area contributed by atoms with Crippen LogP contribution in [0.15, 0.2) is 12.5 Å². The minimum absolute atomic E-state index is 0.120. The predicted molar refractivity (Wildman–Crippen MR) is 63.4 cm³/mol. The highest BCUT2D eigenvalue weighted by molar-refractivity contribution is 5.95. The maximum absolute atomic E-state index is 12.3. The van der Waals surface area contributed by atoms with Gasteiger partial charge in [0.1, 0.15) is 6.33 Å². The number of aromatic nitrogens is 4. The zero-order valence-corrected chi connectivity index (χ0v) is 10.3. The summed E-state index contributed by atoms with van der Waals surface area (Å²) in [5, 5.41) is 23.0. The predicted octanol–water partition coefficient (Wildman–Crippen LogP) is -1.39. The van der Waals surface area contributed by atoms with E-state index < -0.39 is 12.2 Å². The third kappa shape index (κ3) is 1.85. The molecule has 100 valence electrons. The summed E-state index contributed by atoms with van der Waals surface area (Å²) in [4.78, 5) is 21.7. The molecule has 3 rings (SSSR count). The number of aliphatic hydroxyl groups is 2. The molecule has 1 aliphatic heterocycles. The average Bonchev–Trinajstić information content (AvgIpc) is 2.97. The van der Waals surface area contributed by atoms with Crippen LogP contribution in [0.3, 0.4) is 0 Å². The summed E-state index contributed by atoms with van der Waals surface area (Å²) in [6.45, 7) is 1.99. The lowest BCUT2D eigenvalue weighted by Crippen LogP contribution is -2.31. The van der Waals surface area contributed by atoms with E-state index in [1.165, 1.54) is 21.9 Å². The Morgan fingerprint density at radius 1 is 1.32 bits per heavy atom. The van der Waals surface area contributed by atoms with Crippen molar-refractivity contribution in [3.63, 3.8) is 0 Å². The maximum atomic E-state index is 12.3. The molecule has 0 spiro atoms. The first-order chi connectivity index (χ1) is 9.08. The third-order valence-electron chi connectivity index (χ3n) is 3.32. The van der Waals surface area contributed by atoms with Crippen molar-refractivity contribution >= 4 is 11.7 Å². The molecule has 19 heavy (non-hydrogen) atoms. The van der Waals surface area contributed by atoms with E-state index in [4.69, 9.17) is 0 Å². The summed E-state index contributed by atoms with van der Waals surface area (Å²) in [7, 11) is 0. The second-order valence-corrected chi connectivity index (χ2v) is 4.57. The summed E-state index contributed by atoms with van der Waals surface area (Å²) in [6, 6.07) is 0. The van der Waals surface area contributed by atoms with Gasteiger partial charge in [0.05, 0.1) is 23.5 Å². The van der Waals surface area contributed by atoms with Gasteiger partial charge in [-0.15, -0.1) is 0 Å². The Morgan fingerprint density at radius 3 is 2.68 bits per heavy atom. The number of hydrogen-bond acceptors (Lipinski definition) is 6.